The molecular weight excluding hydrogens is 192 g/mol. The summed E-state index contributed by atoms with van der Waals surface area (Å²) < 4.78 is 0. The van der Waals surface area contributed by atoms with Crippen LogP contribution in [-0.2, 0) is 4.79 Å². The van der Waals surface area contributed by atoms with E-state index >= 15 is 0 Å². The average Bonchev–Trinajstić information content (AvgIpc) is 2.16. The highest BCUT2D eigenvalue weighted by Crippen LogP contribution is 2.16. The summed E-state index contributed by atoms with van der Waals surface area (Å²) in [6, 6.07) is 0. The van der Waals surface area contributed by atoms with Crippen LogP contribution in [0.2, 0.25) is 0 Å². The minimum atomic E-state index is 0.251. The zero-order chi connectivity index (χ0) is 10.8. The number of thioether (sulfide) groups is 1. The van der Waals surface area contributed by atoms with Crippen LogP contribution in [0.5, 0.6) is 0 Å². The van der Waals surface area contributed by atoms with Crippen molar-refractivity contribution in [2.45, 2.75) is 64.0 Å². The van der Waals surface area contributed by atoms with E-state index in [0.717, 1.165) is 6.42 Å². The zero-order valence-electron chi connectivity index (χ0n) is 9.84. The van der Waals surface area contributed by atoms with E-state index in [9.17, 15) is 4.79 Å². The molecular formula is C12H24OS. The standard InChI is InChI=1S/C12H24OS/c1-4-5-6-7-8-9-10-12(14-3)11(2)13/h12H,4-10H2,1-3H3. The van der Waals surface area contributed by atoms with E-state index in [0.29, 0.717) is 5.78 Å². The first-order valence-electron chi connectivity index (χ1n) is 5.75. The molecule has 0 fully saturated rings. The molecule has 0 aromatic rings. The number of Topliss-reactive ketones (excluding diaryl/α,β-unsaturated/α-hetero) is 1. The molecule has 0 aliphatic rings. The molecule has 1 unspecified atom stereocenters. The van der Waals surface area contributed by atoms with Crippen LogP contribution in [0, 0.1) is 0 Å². The summed E-state index contributed by atoms with van der Waals surface area (Å²) in [6.45, 7) is 3.94. The highest BCUT2D eigenvalue weighted by atomic mass is 32.2. The fraction of sp³-hybridized carbons (Fsp3) is 0.917. The maximum atomic E-state index is 11.1. The third-order valence-corrected chi connectivity index (χ3v) is 3.69. The van der Waals surface area contributed by atoms with Gasteiger partial charge in [0, 0.05) is 0 Å². The molecule has 1 atom stereocenters. The lowest BCUT2D eigenvalue weighted by atomic mass is 10.1. The molecule has 0 bridgehead atoms. The molecule has 0 saturated heterocycles. The molecule has 0 rings (SSSR count). The summed E-state index contributed by atoms with van der Waals surface area (Å²) in [5.74, 6) is 0.339. The topological polar surface area (TPSA) is 17.1 Å². The summed E-state index contributed by atoms with van der Waals surface area (Å²) >= 11 is 1.70. The van der Waals surface area contributed by atoms with Gasteiger partial charge >= 0.3 is 0 Å². The van der Waals surface area contributed by atoms with Crippen LogP contribution in [0.15, 0.2) is 0 Å². The maximum absolute atomic E-state index is 11.1. The van der Waals surface area contributed by atoms with Crippen LogP contribution in [0.25, 0.3) is 0 Å². The second-order valence-corrected chi connectivity index (χ2v) is 4.93. The quantitative estimate of drug-likeness (QED) is 0.541. The molecule has 0 saturated carbocycles. The van der Waals surface area contributed by atoms with E-state index in [4.69, 9.17) is 0 Å². The third-order valence-electron chi connectivity index (χ3n) is 2.56. The smallest absolute Gasteiger partial charge is 0.142 e. The van der Waals surface area contributed by atoms with Crippen molar-refractivity contribution in [3.05, 3.63) is 0 Å². The van der Waals surface area contributed by atoms with Gasteiger partial charge in [-0.05, 0) is 19.6 Å². The third kappa shape index (κ3) is 7.43. The molecule has 14 heavy (non-hydrogen) atoms. The van der Waals surface area contributed by atoms with Gasteiger partial charge in [-0.1, -0.05) is 45.4 Å². The van der Waals surface area contributed by atoms with Gasteiger partial charge in [0.15, 0.2) is 0 Å². The van der Waals surface area contributed by atoms with Crippen LogP contribution in [-0.4, -0.2) is 17.3 Å². The molecule has 1 nitrogen and oxygen atoms in total. The Balaban J connectivity index is 3.29. The van der Waals surface area contributed by atoms with Crippen LogP contribution in [0.1, 0.15) is 58.8 Å². The molecule has 0 heterocycles. The van der Waals surface area contributed by atoms with Crippen molar-refractivity contribution in [2.75, 3.05) is 6.26 Å². The number of hydrogen-bond acceptors (Lipinski definition) is 2. The predicted molar refractivity (Wildman–Crippen MR) is 66.0 cm³/mol. The highest BCUT2D eigenvalue weighted by Gasteiger charge is 2.10. The van der Waals surface area contributed by atoms with E-state index < -0.39 is 0 Å². The molecule has 0 aromatic carbocycles. The fourth-order valence-corrected chi connectivity index (χ4v) is 2.33. The predicted octanol–water partition coefficient (Wildman–Crippen LogP) is 4.06. The average molecular weight is 216 g/mol. The van der Waals surface area contributed by atoms with E-state index in [-0.39, 0.29) is 5.25 Å². The minimum Gasteiger partial charge on any atom is -0.299 e. The van der Waals surface area contributed by atoms with Crippen LogP contribution < -0.4 is 0 Å². The molecule has 0 radical (unpaired) electrons. The Morgan fingerprint density at radius 1 is 1.14 bits per heavy atom. The Bertz CT molecular complexity index is 145. The van der Waals surface area contributed by atoms with Crippen LogP contribution in [0.4, 0.5) is 0 Å². The molecule has 0 amide bonds. The second kappa shape index (κ2) is 9.57. The summed E-state index contributed by atoms with van der Waals surface area (Å²) in [6.07, 6.45) is 11.0. The largest absolute Gasteiger partial charge is 0.299 e. The molecule has 0 aliphatic carbocycles. The van der Waals surface area contributed by atoms with Crippen molar-refractivity contribution in [1.82, 2.24) is 0 Å². The van der Waals surface area contributed by atoms with Crippen molar-refractivity contribution in [3.63, 3.8) is 0 Å². The molecule has 0 aromatic heterocycles. The summed E-state index contributed by atoms with van der Waals surface area (Å²) in [4.78, 5) is 11.1. The maximum Gasteiger partial charge on any atom is 0.142 e. The second-order valence-electron chi connectivity index (χ2n) is 3.89. The number of carbonyl (C=O) groups is 1. The van der Waals surface area contributed by atoms with Crippen molar-refractivity contribution in [1.29, 1.82) is 0 Å². The van der Waals surface area contributed by atoms with Gasteiger partial charge < -0.3 is 0 Å². The van der Waals surface area contributed by atoms with E-state index in [2.05, 4.69) is 6.92 Å². The van der Waals surface area contributed by atoms with Crippen molar-refractivity contribution < 1.29 is 4.79 Å². The lowest BCUT2D eigenvalue weighted by Gasteiger charge is -2.09. The number of ketones is 1. The summed E-state index contributed by atoms with van der Waals surface area (Å²) in [5.41, 5.74) is 0. The van der Waals surface area contributed by atoms with Gasteiger partial charge in [0.05, 0.1) is 5.25 Å². The van der Waals surface area contributed by atoms with Crippen molar-refractivity contribution in [2.24, 2.45) is 0 Å². The van der Waals surface area contributed by atoms with Gasteiger partial charge in [0.2, 0.25) is 0 Å². The Hall–Kier alpha value is 0.0200. The summed E-state index contributed by atoms with van der Waals surface area (Å²) in [5, 5.41) is 0.251. The van der Waals surface area contributed by atoms with Crippen LogP contribution in [0.3, 0.4) is 0 Å². The number of carbonyl (C=O) groups excluding carboxylic acids is 1. The molecule has 0 N–H and O–H groups in total. The Kier molecular flexibility index (Phi) is 9.58. The molecule has 2 heteroatoms. The SMILES string of the molecule is CCCCCCCCC(SC)C(C)=O. The van der Waals surface area contributed by atoms with E-state index in [1.54, 1.807) is 18.7 Å². The molecule has 0 spiro atoms. The number of unbranched alkanes of at least 4 members (excludes halogenated alkanes) is 5. The lowest BCUT2D eigenvalue weighted by molar-refractivity contribution is -0.116. The Morgan fingerprint density at radius 2 is 1.71 bits per heavy atom. The highest BCUT2D eigenvalue weighted by molar-refractivity contribution is 7.99. The molecule has 0 aliphatic heterocycles. The minimum absolute atomic E-state index is 0.251. The summed E-state index contributed by atoms with van der Waals surface area (Å²) in [7, 11) is 0. The van der Waals surface area contributed by atoms with Gasteiger partial charge in [-0.25, -0.2) is 0 Å². The molecule has 84 valence electrons. The Labute approximate surface area is 93.0 Å². The van der Waals surface area contributed by atoms with E-state index in [1.807, 2.05) is 6.26 Å². The first-order valence-corrected chi connectivity index (χ1v) is 7.04. The zero-order valence-corrected chi connectivity index (χ0v) is 10.7. The number of rotatable bonds is 9. The van der Waals surface area contributed by atoms with Crippen LogP contribution >= 0.6 is 11.8 Å². The van der Waals surface area contributed by atoms with E-state index in [1.165, 1.54) is 38.5 Å². The fourth-order valence-electron chi connectivity index (χ4n) is 1.60. The van der Waals surface area contributed by atoms with Gasteiger partial charge in [0.1, 0.15) is 5.78 Å². The van der Waals surface area contributed by atoms with Crippen molar-refractivity contribution >= 4 is 17.5 Å². The number of hydrogen-bond donors (Lipinski definition) is 0. The van der Waals surface area contributed by atoms with Gasteiger partial charge in [-0.3, -0.25) is 4.79 Å². The first kappa shape index (κ1) is 14.0. The monoisotopic (exact) mass is 216 g/mol. The van der Waals surface area contributed by atoms with Crippen molar-refractivity contribution in [3.8, 4) is 0 Å². The Morgan fingerprint density at radius 3 is 2.21 bits per heavy atom. The van der Waals surface area contributed by atoms with Gasteiger partial charge in [-0.15, -0.1) is 0 Å². The first-order chi connectivity index (χ1) is 6.72. The normalized spacial score (nSPS) is 12.8. The van der Waals surface area contributed by atoms with Gasteiger partial charge in [0.25, 0.3) is 0 Å². The van der Waals surface area contributed by atoms with Gasteiger partial charge in [-0.2, -0.15) is 11.8 Å². The lowest BCUT2D eigenvalue weighted by Crippen LogP contribution is -2.12.